The van der Waals surface area contributed by atoms with Crippen molar-refractivity contribution in [3.8, 4) is 0 Å². The molecule has 1 aromatic rings. The molecule has 7 heteroatoms. The smallest absolute Gasteiger partial charge is 0.410 e. The Morgan fingerprint density at radius 1 is 1.14 bits per heavy atom. The van der Waals surface area contributed by atoms with E-state index in [1.165, 1.54) is 0 Å². The number of benzene rings is 1. The second-order valence-corrected chi connectivity index (χ2v) is 8.50. The Bertz CT molecular complexity index is 651. The topological polar surface area (TPSA) is 88.1 Å². The molecule has 2 amide bonds. The van der Waals surface area contributed by atoms with Gasteiger partial charge in [0, 0.05) is 13.1 Å². The van der Waals surface area contributed by atoms with Crippen LogP contribution in [0.1, 0.15) is 46.1 Å². The molecule has 0 unspecified atom stereocenters. The largest absolute Gasteiger partial charge is 0.445 e. The summed E-state index contributed by atoms with van der Waals surface area (Å²) in [4.78, 5) is 26.1. The number of hydrogen-bond acceptors (Lipinski definition) is 5. The lowest BCUT2D eigenvalue weighted by molar-refractivity contribution is 0.00924. The third kappa shape index (κ3) is 6.41. The third-order valence-corrected chi connectivity index (χ3v) is 4.98. The lowest BCUT2D eigenvalue weighted by Crippen LogP contribution is -2.57. The van der Waals surface area contributed by atoms with Crippen molar-refractivity contribution in [3.05, 3.63) is 35.9 Å². The fourth-order valence-electron chi connectivity index (χ4n) is 3.29. The highest BCUT2D eigenvalue weighted by Gasteiger charge is 2.39. The molecule has 0 radical (unpaired) electrons. The Balaban J connectivity index is 1.86. The number of aliphatic hydroxyl groups is 1. The van der Waals surface area contributed by atoms with Crippen molar-refractivity contribution >= 4 is 12.2 Å². The van der Waals surface area contributed by atoms with Gasteiger partial charge in [0.1, 0.15) is 12.2 Å². The maximum absolute atomic E-state index is 12.2. The number of piperidine rings is 1. The highest BCUT2D eigenvalue weighted by Crippen LogP contribution is 2.29. The number of ether oxygens (including phenoxy) is 2. The predicted octanol–water partition coefficient (Wildman–Crippen LogP) is 3.31. The zero-order valence-corrected chi connectivity index (χ0v) is 17.2. The van der Waals surface area contributed by atoms with E-state index < -0.39 is 17.2 Å². The van der Waals surface area contributed by atoms with Gasteiger partial charge in [0.25, 0.3) is 0 Å². The van der Waals surface area contributed by atoms with Crippen molar-refractivity contribution in [3.63, 3.8) is 0 Å². The van der Waals surface area contributed by atoms with E-state index in [9.17, 15) is 14.7 Å². The Morgan fingerprint density at radius 2 is 1.75 bits per heavy atom. The number of likely N-dealkylation sites (tertiary alicyclic amines) is 1. The number of amides is 2. The van der Waals surface area contributed by atoms with E-state index >= 15 is 0 Å². The second kappa shape index (κ2) is 9.28. The molecule has 1 heterocycles. The van der Waals surface area contributed by atoms with Gasteiger partial charge in [-0.1, -0.05) is 30.3 Å². The summed E-state index contributed by atoms with van der Waals surface area (Å²) in [6.07, 6.45) is 0.437. The van der Waals surface area contributed by atoms with E-state index in [0.717, 1.165) is 5.56 Å². The average Bonchev–Trinajstić information content (AvgIpc) is 2.66. The molecule has 1 saturated heterocycles. The fraction of sp³-hybridized carbons (Fsp3) is 0.619. The summed E-state index contributed by atoms with van der Waals surface area (Å²) < 4.78 is 10.7. The Hall–Kier alpha value is -2.28. The van der Waals surface area contributed by atoms with Crippen LogP contribution in [0.4, 0.5) is 9.59 Å². The second-order valence-electron chi connectivity index (χ2n) is 8.50. The van der Waals surface area contributed by atoms with Gasteiger partial charge in [-0.3, -0.25) is 0 Å². The van der Waals surface area contributed by atoms with Gasteiger partial charge < -0.3 is 24.8 Å². The number of carbonyl (C=O) groups is 2. The molecule has 2 rings (SSSR count). The minimum atomic E-state index is -0.812. The maximum atomic E-state index is 12.2. The predicted molar refractivity (Wildman–Crippen MR) is 106 cm³/mol. The summed E-state index contributed by atoms with van der Waals surface area (Å²) in [7, 11) is 0. The highest BCUT2D eigenvalue weighted by atomic mass is 16.6. The van der Waals surface area contributed by atoms with Gasteiger partial charge >= 0.3 is 12.2 Å². The Kier molecular flexibility index (Phi) is 7.29. The summed E-state index contributed by atoms with van der Waals surface area (Å²) in [5.74, 6) is 0.0282. The summed E-state index contributed by atoms with van der Waals surface area (Å²) in [6, 6.07) is 9.42. The van der Waals surface area contributed by atoms with Crippen LogP contribution in [-0.2, 0) is 16.1 Å². The molecule has 1 aromatic carbocycles. The molecule has 7 nitrogen and oxygen atoms in total. The van der Waals surface area contributed by atoms with Crippen molar-refractivity contribution in [1.82, 2.24) is 10.2 Å². The van der Waals surface area contributed by atoms with Crippen LogP contribution >= 0.6 is 0 Å². The first kappa shape index (κ1) is 22.0. The van der Waals surface area contributed by atoms with Crippen molar-refractivity contribution < 1.29 is 24.2 Å². The molecule has 1 aliphatic rings. The number of nitrogens with zero attached hydrogens (tertiary/aromatic N) is 1. The van der Waals surface area contributed by atoms with Crippen LogP contribution in [0, 0.1) is 5.92 Å². The lowest BCUT2D eigenvalue weighted by Gasteiger charge is -2.42. The number of rotatable bonds is 5. The third-order valence-electron chi connectivity index (χ3n) is 4.98. The molecule has 0 saturated carbocycles. The Morgan fingerprint density at radius 3 is 2.29 bits per heavy atom. The molecule has 1 fully saturated rings. The Labute approximate surface area is 167 Å². The van der Waals surface area contributed by atoms with E-state index in [0.29, 0.717) is 25.9 Å². The summed E-state index contributed by atoms with van der Waals surface area (Å²) >= 11 is 0. The van der Waals surface area contributed by atoms with Crippen LogP contribution < -0.4 is 5.32 Å². The first-order chi connectivity index (χ1) is 13.1. The molecule has 1 aliphatic heterocycles. The summed E-state index contributed by atoms with van der Waals surface area (Å²) in [5, 5.41) is 12.7. The monoisotopic (exact) mass is 392 g/mol. The summed E-state index contributed by atoms with van der Waals surface area (Å²) in [6.45, 7) is 8.34. The first-order valence-corrected chi connectivity index (χ1v) is 9.70. The van der Waals surface area contributed by atoms with Crippen molar-refractivity contribution in [2.45, 2.75) is 58.3 Å². The van der Waals surface area contributed by atoms with Gasteiger partial charge in [0.2, 0.25) is 0 Å². The van der Waals surface area contributed by atoms with E-state index in [1.54, 1.807) is 4.90 Å². The van der Waals surface area contributed by atoms with Gasteiger partial charge in [0.05, 0.1) is 12.1 Å². The zero-order valence-electron chi connectivity index (χ0n) is 17.2. The standard InChI is InChI=1S/C21H32N2O5/c1-20(2,3)28-19(26)23-12-10-17(11-13-23)21(4,15-24)22-18(25)27-14-16-8-6-5-7-9-16/h5-9,17,24H,10-15H2,1-4H3,(H,22,25)/t21-/m0/s1. The minimum absolute atomic E-state index is 0.0282. The first-order valence-electron chi connectivity index (χ1n) is 9.70. The van der Waals surface area contributed by atoms with Crippen LogP contribution in [0.2, 0.25) is 0 Å². The molecule has 28 heavy (non-hydrogen) atoms. The number of alkyl carbamates (subject to hydrolysis) is 1. The van der Waals surface area contributed by atoms with Crippen molar-refractivity contribution in [2.24, 2.45) is 5.92 Å². The van der Waals surface area contributed by atoms with E-state index in [4.69, 9.17) is 9.47 Å². The van der Waals surface area contributed by atoms with Crippen LogP contribution in [-0.4, -0.2) is 53.0 Å². The molecule has 1 atom stereocenters. The van der Waals surface area contributed by atoms with E-state index in [1.807, 2.05) is 58.0 Å². The molecule has 2 N–H and O–H groups in total. The molecular weight excluding hydrogens is 360 g/mol. The number of aliphatic hydroxyl groups excluding tert-OH is 1. The summed E-state index contributed by atoms with van der Waals surface area (Å²) in [5.41, 5.74) is -0.445. The fourth-order valence-corrected chi connectivity index (χ4v) is 3.29. The van der Waals surface area contributed by atoms with Crippen LogP contribution in [0.25, 0.3) is 0 Å². The van der Waals surface area contributed by atoms with Crippen molar-refractivity contribution in [2.75, 3.05) is 19.7 Å². The van der Waals surface area contributed by atoms with Gasteiger partial charge in [-0.2, -0.15) is 0 Å². The SMILES string of the molecule is CC(C)(C)OC(=O)N1CCC([C@](C)(CO)NC(=O)OCc2ccccc2)CC1. The maximum Gasteiger partial charge on any atom is 0.410 e. The number of hydrogen-bond donors (Lipinski definition) is 2. The normalized spacial score (nSPS) is 17.5. The average molecular weight is 392 g/mol. The highest BCUT2D eigenvalue weighted by molar-refractivity contribution is 5.69. The van der Waals surface area contributed by atoms with Gasteiger partial charge in [-0.15, -0.1) is 0 Å². The lowest BCUT2D eigenvalue weighted by atomic mass is 9.79. The number of carbonyl (C=O) groups excluding carboxylic acids is 2. The van der Waals surface area contributed by atoms with Gasteiger partial charge in [0.15, 0.2) is 0 Å². The molecule has 0 bridgehead atoms. The quantitative estimate of drug-likeness (QED) is 0.803. The van der Waals surface area contributed by atoms with E-state index in [2.05, 4.69) is 5.32 Å². The molecule has 0 spiro atoms. The zero-order chi connectivity index (χ0) is 20.8. The molecule has 0 aromatic heterocycles. The van der Waals surface area contributed by atoms with Crippen molar-refractivity contribution in [1.29, 1.82) is 0 Å². The van der Waals surface area contributed by atoms with Gasteiger partial charge in [-0.25, -0.2) is 9.59 Å². The van der Waals surface area contributed by atoms with Crippen LogP contribution in [0.3, 0.4) is 0 Å². The minimum Gasteiger partial charge on any atom is -0.445 e. The molecule has 156 valence electrons. The van der Waals surface area contributed by atoms with E-state index in [-0.39, 0.29) is 25.2 Å². The molecular formula is C21H32N2O5. The van der Waals surface area contributed by atoms with Crippen LogP contribution in [0.15, 0.2) is 30.3 Å². The molecule has 0 aliphatic carbocycles. The van der Waals surface area contributed by atoms with Crippen LogP contribution in [0.5, 0.6) is 0 Å². The number of nitrogens with one attached hydrogen (secondary N) is 1. The van der Waals surface area contributed by atoms with Gasteiger partial charge in [-0.05, 0) is 52.0 Å².